The maximum Gasteiger partial charge on any atom is 0.317 e. The molecule has 0 aromatic carbocycles. The van der Waals surface area contributed by atoms with E-state index in [9.17, 15) is 4.79 Å². The highest BCUT2D eigenvalue weighted by atomic mass is 32.1. The Morgan fingerprint density at radius 1 is 1.46 bits per heavy atom. The van der Waals surface area contributed by atoms with Gasteiger partial charge in [0.15, 0.2) is 0 Å². The van der Waals surface area contributed by atoms with Gasteiger partial charge in [0.05, 0.1) is 24.5 Å². The summed E-state index contributed by atoms with van der Waals surface area (Å²) in [6.07, 6.45) is 8.50. The molecule has 8 heteroatoms. The number of nitrogens with one attached hydrogen (secondary N) is 1. The number of carbonyl (C=O) groups excluding carboxylic acids is 1. The van der Waals surface area contributed by atoms with E-state index in [0.29, 0.717) is 6.54 Å². The largest absolute Gasteiger partial charge is 0.332 e. The minimum atomic E-state index is -0.115. The molecule has 2 amide bonds. The van der Waals surface area contributed by atoms with Gasteiger partial charge < -0.3 is 10.2 Å². The van der Waals surface area contributed by atoms with Gasteiger partial charge in [0.1, 0.15) is 5.01 Å². The molecule has 3 heterocycles. The molecule has 3 aromatic rings. The number of pyridine rings is 1. The number of hydrogen-bond acceptors (Lipinski definition) is 5. The number of imidazole rings is 1. The third-order valence-corrected chi connectivity index (χ3v) is 5.14. The third kappa shape index (κ3) is 4.19. The Morgan fingerprint density at radius 3 is 3.00 bits per heavy atom. The molecule has 0 aliphatic carbocycles. The van der Waals surface area contributed by atoms with Gasteiger partial charge in [-0.15, -0.1) is 0 Å². The maximum absolute atomic E-state index is 12.6. The van der Waals surface area contributed by atoms with Crippen LogP contribution in [-0.2, 0) is 6.54 Å². The summed E-state index contributed by atoms with van der Waals surface area (Å²) in [4.78, 5) is 23.9. The fourth-order valence-corrected chi connectivity index (χ4v) is 3.66. The number of fused-ring (bicyclic) bond motifs is 1. The molecule has 0 aliphatic rings. The van der Waals surface area contributed by atoms with Crippen molar-refractivity contribution in [2.45, 2.75) is 45.7 Å². The summed E-state index contributed by atoms with van der Waals surface area (Å²) >= 11 is 1.54. The summed E-state index contributed by atoms with van der Waals surface area (Å²) in [5, 5.41) is 8.27. The zero-order valence-electron chi connectivity index (χ0n) is 15.3. The van der Waals surface area contributed by atoms with Gasteiger partial charge in [0, 0.05) is 19.4 Å². The highest BCUT2D eigenvalue weighted by molar-refractivity contribution is 7.16. The molecule has 138 valence electrons. The average Bonchev–Trinajstić information content (AvgIpc) is 3.17. The first-order valence-corrected chi connectivity index (χ1v) is 9.62. The summed E-state index contributed by atoms with van der Waals surface area (Å²) in [7, 11) is 1.83. The van der Waals surface area contributed by atoms with E-state index in [1.54, 1.807) is 15.6 Å². The molecule has 0 aliphatic heterocycles. The molecule has 26 heavy (non-hydrogen) atoms. The monoisotopic (exact) mass is 372 g/mol. The van der Waals surface area contributed by atoms with Crippen molar-refractivity contribution in [3.05, 3.63) is 47.0 Å². The van der Waals surface area contributed by atoms with Gasteiger partial charge in [-0.2, -0.15) is 5.10 Å². The second-order valence-corrected chi connectivity index (χ2v) is 7.45. The van der Waals surface area contributed by atoms with Crippen LogP contribution in [0.4, 0.5) is 4.79 Å². The average molecular weight is 372 g/mol. The lowest BCUT2D eigenvalue weighted by atomic mass is 10.0. The van der Waals surface area contributed by atoms with Crippen LogP contribution in [0.5, 0.6) is 0 Å². The van der Waals surface area contributed by atoms with E-state index in [1.807, 2.05) is 38.5 Å². The summed E-state index contributed by atoms with van der Waals surface area (Å²) in [6.45, 7) is 4.48. The summed E-state index contributed by atoms with van der Waals surface area (Å²) < 4.78 is 1.75. The van der Waals surface area contributed by atoms with Crippen molar-refractivity contribution >= 4 is 22.3 Å². The number of amides is 2. The predicted molar refractivity (Wildman–Crippen MR) is 102 cm³/mol. The lowest BCUT2D eigenvalue weighted by Crippen LogP contribution is -2.39. The zero-order valence-corrected chi connectivity index (χ0v) is 16.2. The number of nitrogens with zero attached hydrogens (tertiary/aromatic N) is 5. The minimum Gasteiger partial charge on any atom is -0.332 e. The van der Waals surface area contributed by atoms with Gasteiger partial charge in [-0.05, 0) is 25.0 Å². The van der Waals surface area contributed by atoms with Crippen molar-refractivity contribution in [3.8, 4) is 0 Å². The van der Waals surface area contributed by atoms with E-state index in [1.165, 1.54) is 11.3 Å². The molecule has 1 atom stereocenters. The zero-order chi connectivity index (χ0) is 18.5. The second kappa shape index (κ2) is 8.27. The smallest absolute Gasteiger partial charge is 0.317 e. The van der Waals surface area contributed by atoms with Gasteiger partial charge in [-0.25, -0.2) is 14.3 Å². The SMILES string of the molecule is CCCC[C@@H](c1cccnc1)N(C)C(=O)NCc1cn2nc(C)sc2n1. The molecule has 7 nitrogen and oxygen atoms in total. The maximum atomic E-state index is 12.6. The summed E-state index contributed by atoms with van der Waals surface area (Å²) in [6, 6.07) is 3.83. The first-order valence-electron chi connectivity index (χ1n) is 8.80. The molecule has 0 spiro atoms. The van der Waals surface area contributed by atoms with Crippen LogP contribution < -0.4 is 5.32 Å². The fraction of sp³-hybridized carbons (Fsp3) is 0.444. The molecule has 0 radical (unpaired) electrons. The first-order chi connectivity index (χ1) is 12.6. The van der Waals surface area contributed by atoms with Gasteiger partial charge in [-0.3, -0.25) is 4.98 Å². The highest BCUT2D eigenvalue weighted by Crippen LogP contribution is 2.24. The van der Waals surface area contributed by atoms with Crippen molar-refractivity contribution in [3.63, 3.8) is 0 Å². The van der Waals surface area contributed by atoms with Crippen molar-refractivity contribution in [1.29, 1.82) is 0 Å². The van der Waals surface area contributed by atoms with Crippen LogP contribution >= 0.6 is 11.3 Å². The Labute approximate surface area is 157 Å². The molecular weight excluding hydrogens is 348 g/mol. The fourth-order valence-electron chi connectivity index (χ4n) is 2.92. The summed E-state index contributed by atoms with van der Waals surface area (Å²) in [5.41, 5.74) is 1.86. The molecule has 0 fully saturated rings. The van der Waals surface area contributed by atoms with Crippen molar-refractivity contribution in [2.24, 2.45) is 0 Å². The van der Waals surface area contributed by atoms with Crippen LogP contribution in [-0.4, -0.2) is 37.6 Å². The molecule has 3 rings (SSSR count). The van der Waals surface area contributed by atoms with Gasteiger partial charge in [-0.1, -0.05) is 37.2 Å². The van der Waals surface area contributed by atoms with E-state index in [2.05, 4.69) is 27.3 Å². The normalized spacial score (nSPS) is 12.3. The molecule has 0 bridgehead atoms. The van der Waals surface area contributed by atoms with Crippen molar-refractivity contribution in [1.82, 2.24) is 29.8 Å². The number of aryl methyl sites for hydroxylation is 1. The first kappa shape index (κ1) is 18.3. The van der Waals surface area contributed by atoms with Crippen LogP contribution in [0.1, 0.15) is 48.5 Å². The molecule has 3 aromatic heterocycles. The van der Waals surface area contributed by atoms with Gasteiger partial charge in [0.25, 0.3) is 0 Å². The lowest BCUT2D eigenvalue weighted by Gasteiger charge is -2.28. The summed E-state index contributed by atoms with van der Waals surface area (Å²) in [5.74, 6) is 0. The quantitative estimate of drug-likeness (QED) is 0.688. The van der Waals surface area contributed by atoms with Crippen molar-refractivity contribution in [2.75, 3.05) is 7.05 Å². The Kier molecular flexibility index (Phi) is 5.82. The minimum absolute atomic E-state index is 0.0125. The number of rotatable bonds is 7. The van der Waals surface area contributed by atoms with E-state index >= 15 is 0 Å². The van der Waals surface area contributed by atoms with Crippen LogP contribution in [0.2, 0.25) is 0 Å². The lowest BCUT2D eigenvalue weighted by molar-refractivity contribution is 0.185. The Morgan fingerprint density at radius 2 is 2.31 bits per heavy atom. The van der Waals surface area contributed by atoms with Gasteiger partial charge in [0.2, 0.25) is 4.96 Å². The Balaban J connectivity index is 1.64. The van der Waals surface area contributed by atoms with Crippen molar-refractivity contribution < 1.29 is 4.79 Å². The van der Waals surface area contributed by atoms with E-state index in [-0.39, 0.29) is 12.1 Å². The second-order valence-electron chi connectivity index (χ2n) is 6.29. The van der Waals surface area contributed by atoms with Crippen LogP contribution in [0, 0.1) is 6.92 Å². The standard InChI is InChI=1S/C18H24N6OS/c1-4-5-8-16(14-7-6-9-19-10-14)23(3)17(25)20-11-15-12-24-18(21-15)26-13(2)22-24/h6-7,9-10,12,16H,4-5,8,11H2,1-3H3,(H,20,25)/t16-/m0/s1. The number of unbranched alkanes of at least 4 members (excludes halogenated alkanes) is 1. The molecule has 0 unspecified atom stereocenters. The molecule has 0 saturated carbocycles. The predicted octanol–water partition coefficient (Wildman–Crippen LogP) is 3.57. The number of aromatic nitrogens is 4. The number of hydrogen-bond donors (Lipinski definition) is 1. The van der Waals surface area contributed by atoms with Crippen LogP contribution in [0.15, 0.2) is 30.7 Å². The highest BCUT2D eigenvalue weighted by Gasteiger charge is 2.21. The third-order valence-electron chi connectivity index (χ3n) is 4.30. The van der Waals surface area contributed by atoms with Crippen LogP contribution in [0.25, 0.3) is 4.96 Å². The topological polar surface area (TPSA) is 75.4 Å². The van der Waals surface area contributed by atoms with Gasteiger partial charge >= 0.3 is 6.03 Å². The number of urea groups is 1. The van der Waals surface area contributed by atoms with E-state index in [4.69, 9.17) is 0 Å². The Hall–Kier alpha value is -2.48. The molecule has 0 saturated heterocycles. The molecular formula is C18H24N6OS. The van der Waals surface area contributed by atoms with E-state index in [0.717, 1.165) is 40.5 Å². The Bertz CT molecular complexity index is 828. The number of carbonyl (C=O) groups is 1. The van der Waals surface area contributed by atoms with Crippen LogP contribution in [0.3, 0.4) is 0 Å². The van der Waals surface area contributed by atoms with E-state index < -0.39 is 0 Å². The molecule has 1 N–H and O–H groups in total.